The molecule has 1 amide bonds. The summed E-state index contributed by atoms with van der Waals surface area (Å²) in [5.41, 5.74) is 0.781. The van der Waals surface area contributed by atoms with E-state index in [4.69, 9.17) is 0 Å². The quantitative estimate of drug-likeness (QED) is 0.775. The second-order valence-corrected chi connectivity index (χ2v) is 4.48. The number of hydrogen-bond donors (Lipinski definition) is 1. The van der Waals surface area contributed by atoms with Gasteiger partial charge in [0.1, 0.15) is 0 Å². The minimum absolute atomic E-state index is 0.140. The lowest BCUT2D eigenvalue weighted by Crippen LogP contribution is -2.56. The van der Waals surface area contributed by atoms with E-state index in [0.29, 0.717) is 6.04 Å². The summed E-state index contributed by atoms with van der Waals surface area (Å²) in [7, 11) is 0. The third-order valence-electron chi connectivity index (χ3n) is 3.05. The van der Waals surface area contributed by atoms with Crippen LogP contribution in [0.2, 0.25) is 0 Å². The van der Waals surface area contributed by atoms with Gasteiger partial charge in [0.15, 0.2) is 0 Å². The van der Waals surface area contributed by atoms with Crippen LogP contribution in [0.5, 0.6) is 0 Å². The minimum atomic E-state index is 0.140. The van der Waals surface area contributed by atoms with Gasteiger partial charge in [0.25, 0.3) is 5.91 Å². The predicted octanol–water partition coefficient (Wildman–Crippen LogP) is 1.51. The minimum Gasteiger partial charge on any atom is -0.333 e. The first-order valence-corrected chi connectivity index (χ1v) is 5.78. The first-order chi connectivity index (χ1) is 7.68. The van der Waals surface area contributed by atoms with Gasteiger partial charge in [-0.15, -0.1) is 0 Å². The summed E-state index contributed by atoms with van der Waals surface area (Å²) < 4.78 is 0. The molecule has 2 rings (SSSR count). The summed E-state index contributed by atoms with van der Waals surface area (Å²) in [4.78, 5) is 14.2. The molecule has 0 radical (unpaired) electrons. The predicted molar refractivity (Wildman–Crippen MR) is 64.4 cm³/mol. The summed E-state index contributed by atoms with van der Waals surface area (Å²) in [5.74, 6) is 0.140. The molecule has 2 atom stereocenters. The van der Waals surface area contributed by atoms with Crippen LogP contribution in [-0.2, 0) is 0 Å². The SMILES string of the molecule is CC1CN(C(=O)c2ccccc2)C(C)CN1. The summed E-state index contributed by atoms with van der Waals surface area (Å²) >= 11 is 0. The van der Waals surface area contributed by atoms with E-state index in [1.807, 2.05) is 35.2 Å². The number of carbonyl (C=O) groups is 1. The van der Waals surface area contributed by atoms with Crippen molar-refractivity contribution < 1.29 is 4.79 Å². The number of benzene rings is 1. The first kappa shape index (κ1) is 11.1. The zero-order valence-electron chi connectivity index (χ0n) is 9.81. The highest BCUT2D eigenvalue weighted by molar-refractivity contribution is 5.94. The molecule has 0 saturated carbocycles. The van der Waals surface area contributed by atoms with Gasteiger partial charge in [-0.2, -0.15) is 0 Å². The van der Waals surface area contributed by atoms with E-state index < -0.39 is 0 Å². The van der Waals surface area contributed by atoms with E-state index in [1.54, 1.807) is 0 Å². The smallest absolute Gasteiger partial charge is 0.254 e. The molecule has 1 aromatic rings. The van der Waals surface area contributed by atoms with Crippen LogP contribution in [0.4, 0.5) is 0 Å². The van der Waals surface area contributed by atoms with Crippen molar-refractivity contribution >= 4 is 5.91 Å². The van der Waals surface area contributed by atoms with Crippen molar-refractivity contribution in [3.8, 4) is 0 Å². The van der Waals surface area contributed by atoms with E-state index in [1.165, 1.54) is 0 Å². The van der Waals surface area contributed by atoms with Crippen molar-refractivity contribution in [1.82, 2.24) is 10.2 Å². The molecule has 1 heterocycles. The molecule has 0 aromatic heterocycles. The van der Waals surface area contributed by atoms with E-state index in [9.17, 15) is 4.79 Å². The number of hydrogen-bond acceptors (Lipinski definition) is 2. The third kappa shape index (κ3) is 2.25. The molecule has 1 aromatic carbocycles. The lowest BCUT2D eigenvalue weighted by atomic mass is 10.1. The first-order valence-electron chi connectivity index (χ1n) is 5.78. The van der Waals surface area contributed by atoms with Crippen molar-refractivity contribution in [1.29, 1.82) is 0 Å². The molecule has 1 fully saturated rings. The van der Waals surface area contributed by atoms with Crippen LogP contribution in [-0.4, -0.2) is 36.0 Å². The number of nitrogens with one attached hydrogen (secondary N) is 1. The Labute approximate surface area is 96.5 Å². The summed E-state index contributed by atoms with van der Waals surface area (Å²) in [6.45, 7) is 5.85. The highest BCUT2D eigenvalue weighted by Crippen LogP contribution is 2.12. The van der Waals surface area contributed by atoms with Gasteiger partial charge in [0.05, 0.1) is 0 Å². The Kier molecular flexibility index (Phi) is 3.25. The molecule has 0 aliphatic carbocycles. The van der Waals surface area contributed by atoms with E-state index >= 15 is 0 Å². The highest BCUT2D eigenvalue weighted by Gasteiger charge is 2.26. The molecule has 1 N–H and O–H groups in total. The summed E-state index contributed by atoms with van der Waals surface area (Å²) in [6, 6.07) is 10.1. The Bertz CT molecular complexity index is 363. The molecule has 1 aliphatic heterocycles. The molecule has 86 valence electrons. The van der Waals surface area contributed by atoms with Gasteiger partial charge in [0.2, 0.25) is 0 Å². The molecule has 1 saturated heterocycles. The second kappa shape index (κ2) is 4.66. The van der Waals surface area contributed by atoms with Crippen LogP contribution in [0.25, 0.3) is 0 Å². The molecule has 16 heavy (non-hydrogen) atoms. The Morgan fingerprint density at radius 3 is 2.69 bits per heavy atom. The van der Waals surface area contributed by atoms with Crippen LogP contribution >= 0.6 is 0 Å². The Morgan fingerprint density at radius 1 is 1.31 bits per heavy atom. The van der Waals surface area contributed by atoms with Crippen LogP contribution in [0.3, 0.4) is 0 Å². The van der Waals surface area contributed by atoms with Gasteiger partial charge in [-0.05, 0) is 26.0 Å². The molecule has 3 heteroatoms. The molecular formula is C13H18N2O. The van der Waals surface area contributed by atoms with Gasteiger partial charge in [-0.3, -0.25) is 4.79 Å². The van der Waals surface area contributed by atoms with Crippen LogP contribution in [0, 0.1) is 0 Å². The Morgan fingerprint density at radius 2 is 2.00 bits per heavy atom. The fourth-order valence-electron chi connectivity index (χ4n) is 2.05. The molecule has 1 aliphatic rings. The van der Waals surface area contributed by atoms with Crippen molar-refractivity contribution in [3.05, 3.63) is 35.9 Å². The maximum absolute atomic E-state index is 12.3. The maximum Gasteiger partial charge on any atom is 0.254 e. The normalized spacial score (nSPS) is 25.5. The molecule has 2 unspecified atom stereocenters. The molecule has 3 nitrogen and oxygen atoms in total. The van der Waals surface area contributed by atoms with Gasteiger partial charge in [-0.25, -0.2) is 0 Å². The van der Waals surface area contributed by atoms with E-state index in [2.05, 4.69) is 19.2 Å². The van der Waals surface area contributed by atoms with Crippen molar-refractivity contribution in [3.63, 3.8) is 0 Å². The van der Waals surface area contributed by atoms with E-state index in [-0.39, 0.29) is 11.9 Å². The molecule has 0 bridgehead atoms. The molecular weight excluding hydrogens is 200 g/mol. The lowest BCUT2D eigenvalue weighted by molar-refractivity contribution is 0.0616. The Balaban J connectivity index is 2.15. The fraction of sp³-hybridized carbons (Fsp3) is 0.462. The number of piperazine rings is 1. The zero-order chi connectivity index (χ0) is 11.5. The van der Waals surface area contributed by atoms with Gasteiger partial charge in [-0.1, -0.05) is 18.2 Å². The number of rotatable bonds is 1. The second-order valence-electron chi connectivity index (χ2n) is 4.48. The van der Waals surface area contributed by atoms with Crippen molar-refractivity contribution in [2.24, 2.45) is 0 Å². The number of nitrogens with zero attached hydrogens (tertiary/aromatic N) is 1. The van der Waals surface area contributed by atoms with Crippen LogP contribution in [0.15, 0.2) is 30.3 Å². The highest BCUT2D eigenvalue weighted by atomic mass is 16.2. The Hall–Kier alpha value is -1.35. The summed E-state index contributed by atoms with van der Waals surface area (Å²) in [5, 5.41) is 3.37. The topological polar surface area (TPSA) is 32.3 Å². The van der Waals surface area contributed by atoms with E-state index in [0.717, 1.165) is 18.7 Å². The summed E-state index contributed by atoms with van der Waals surface area (Å²) in [6.07, 6.45) is 0. The fourth-order valence-corrected chi connectivity index (χ4v) is 2.05. The third-order valence-corrected chi connectivity index (χ3v) is 3.05. The van der Waals surface area contributed by atoms with Crippen LogP contribution in [0.1, 0.15) is 24.2 Å². The zero-order valence-corrected chi connectivity index (χ0v) is 9.81. The number of carbonyl (C=O) groups excluding carboxylic acids is 1. The number of amides is 1. The van der Waals surface area contributed by atoms with Crippen molar-refractivity contribution in [2.45, 2.75) is 25.9 Å². The lowest BCUT2D eigenvalue weighted by Gasteiger charge is -2.37. The van der Waals surface area contributed by atoms with Gasteiger partial charge in [0, 0.05) is 30.7 Å². The van der Waals surface area contributed by atoms with Gasteiger partial charge < -0.3 is 10.2 Å². The molecule has 0 spiro atoms. The largest absolute Gasteiger partial charge is 0.333 e. The van der Waals surface area contributed by atoms with Crippen LogP contribution < -0.4 is 5.32 Å². The standard InChI is InChI=1S/C13H18N2O/c1-10-9-15(11(2)8-14-10)13(16)12-6-4-3-5-7-12/h3-7,10-11,14H,8-9H2,1-2H3. The monoisotopic (exact) mass is 218 g/mol. The average Bonchev–Trinajstić information content (AvgIpc) is 2.32. The van der Waals surface area contributed by atoms with Gasteiger partial charge >= 0.3 is 0 Å². The maximum atomic E-state index is 12.3. The average molecular weight is 218 g/mol. The van der Waals surface area contributed by atoms with Crippen molar-refractivity contribution in [2.75, 3.05) is 13.1 Å².